The lowest BCUT2D eigenvalue weighted by atomic mass is 9.76. The SMILES string of the molecule is Cc1cc(F)c(F)cc1B1OC(C)(C)C(C)(C)O1.[C-]#[N+]c1cccc(C(F)(F)F)c1-c1cc(F)c(F)cc1C.[C-]#[N+]c1cccc(C(F)(F)F)c1Cl. The predicted octanol–water partition coefficient (Wildman–Crippen LogP) is 12.0. The Labute approximate surface area is 298 Å². The molecule has 0 radical (unpaired) electrons. The Balaban J connectivity index is 0.000000216. The molecule has 0 N–H and O–H groups in total. The average Bonchev–Trinajstić information content (AvgIpc) is 3.25. The van der Waals surface area contributed by atoms with Gasteiger partial charge in [0.25, 0.3) is 0 Å². The molecule has 4 aromatic rings. The van der Waals surface area contributed by atoms with Gasteiger partial charge in [-0.25, -0.2) is 27.3 Å². The van der Waals surface area contributed by atoms with Crippen molar-refractivity contribution in [2.45, 2.75) is 65.1 Å². The summed E-state index contributed by atoms with van der Waals surface area (Å²) in [5.41, 5.74) is -2.76. The molecular formula is C36H28BClF10N2O2. The lowest BCUT2D eigenvalue weighted by Crippen LogP contribution is -2.41. The van der Waals surface area contributed by atoms with E-state index in [-0.39, 0.29) is 22.5 Å². The Morgan fingerprint density at radius 3 is 1.54 bits per heavy atom. The molecule has 0 amide bonds. The van der Waals surface area contributed by atoms with Crippen molar-refractivity contribution < 1.29 is 53.2 Å². The van der Waals surface area contributed by atoms with Gasteiger partial charge in [0.1, 0.15) is 0 Å². The summed E-state index contributed by atoms with van der Waals surface area (Å²) in [4.78, 5) is 5.91. The second kappa shape index (κ2) is 15.6. The van der Waals surface area contributed by atoms with Crippen molar-refractivity contribution in [3.05, 3.63) is 134 Å². The highest BCUT2D eigenvalue weighted by molar-refractivity contribution is 6.62. The van der Waals surface area contributed by atoms with Crippen molar-refractivity contribution in [2.75, 3.05) is 0 Å². The number of hydrogen-bond donors (Lipinski definition) is 0. The van der Waals surface area contributed by atoms with Crippen LogP contribution in [-0.4, -0.2) is 18.3 Å². The van der Waals surface area contributed by atoms with Crippen molar-refractivity contribution in [3.63, 3.8) is 0 Å². The maximum absolute atomic E-state index is 13.4. The van der Waals surface area contributed by atoms with E-state index >= 15 is 0 Å². The second-order valence-electron chi connectivity index (χ2n) is 12.3. The molecule has 0 aliphatic carbocycles. The number of aryl methyl sites for hydroxylation is 2. The van der Waals surface area contributed by atoms with E-state index in [4.69, 9.17) is 34.1 Å². The van der Waals surface area contributed by atoms with Crippen LogP contribution < -0.4 is 5.46 Å². The lowest BCUT2D eigenvalue weighted by molar-refractivity contribution is -0.138. The average molecular weight is 757 g/mol. The summed E-state index contributed by atoms with van der Waals surface area (Å²) in [7, 11) is -0.662. The second-order valence-corrected chi connectivity index (χ2v) is 12.7. The Bertz CT molecular complexity index is 2040. The monoisotopic (exact) mass is 756 g/mol. The van der Waals surface area contributed by atoms with E-state index in [9.17, 15) is 43.9 Å². The number of alkyl halides is 6. The maximum Gasteiger partial charge on any atom is 0.495 e. The third-order valence-corrected chi connectivity index (χ3v) is 8.62. The fraction of sp³-hybridized carbons (Fsp3) is 0.278. The first-order valence-electron chi connectivity index (χ1n) is 14.9. The fourth-order valence-corrected chi connectivity index (χ4v) is 5.05. The number of nitrogens with zero attached hydrogens (tertiary/aromatic N) is 2. The molecule has 0 spiro atoms. The van der Waals surface area contributed by atoms with Gasteiger partial charge in [-0.2, -0.15) is 26.3 Å². The minimum atomic E-state index is -4.70. The maximum atomic E-state index is 13.4. The molecule has 4 nitrogen and oxygen atoms in total. The molecule has 4 aromatic carbocycles. The molecule has 1 fully saturated rings. The summed E-state index contributed by atoms with van der Waals surface area (Å²) in [5, 5.41) is -0.537. The zero-order chi connectivity index (χ0) is 39.6. The quantitative estimate of drug-likeness (QED) is 0.116. The van der Waals surface area contributed by atoms with E-state index in [0.29, 0.717) is 17.1 Å². The van der Waals surface area contributed by atoms with Crippen LogP contribution in [0.25, 0.3) is 20.8 Å². The molecule has 0 atom stereocenters. The van der Waals surface area contributed by atoms with Crippen LogP contribution in [0.4, 0.5) is 55.3 Å². The van der Waals surface area contributed by atoms with Gasteiger partial charge in [0.2, 0.25) is 5.69 Å². The van der Waals surface area contributed by atoms with Crippen LogP contribution in [-0.2, 0) is 21.7 Å². The molecule has 1 saturated heterocycles. The van der Waals surface area contributed by atoms with Crippen molar-refractivity contribution in [2.24, 2.45) is 0 Å². The first-order chi connectivity index (χ1) is 23.9. The Morgan fingerprint density at radius 1 is 0.635 bits per heavy atom. The molecule has 1 aliphatic rings. The third-order valence-electron chi connectivity index (χ3n) is 8.23. The summed E-state index contributed by atoms with van der Waals surface area (Å²) < 4.78 is 140. The zero-order valence-electron chi connectivity index (χ0n) is 28.2. The van der Waals surface area contributed by atoms with Gasteiger partial charge >= 0.3 is 19.5 Å². The van der Waals surface area contributed by atoms with Crippen LogP contribution in [0.2, 0.25) is 5.02 Å². The first kappa shape index (κ1) is 41.9. The van der Waals surface area contributed by atoms with Crippen LogP contribution in [0.15, 0.2) is 60.7 Å². The van der Waals surface area contributed by atoms with Crippen LogP contribution in [0.1, 0.15) is 49.9 Å². The topological polar surface area (TPSA) is 27.2 Å². The van der Waals surface area contributed by atoms with Crippen LogP contribution in [0, 0.1) is 50.3 Å². The zero-order valence-corrected chi connectivity index (χ0v) is 29.0. The summed E-state index contributed by atoms with van der Waals surface area (Å²) in [6.45, 7) is 24.3. The van der Waals surface area contributed by atoms with Gasteiger partial charge in [-0.05, 0) is 88.0 Å². The van der Waals surface area contributed by atoms with E-state index in [1.807, 2.05) is 27.7 Å². The minimum absolute atomic E-state index is 0.121. The molecule has 5 rings (SSSR count). The van der Waals surface area contributed by atoms with E-state index in [0.717, 1.165) is 42.5 Å². The van der Waals surface area contributed by atoms with Crippen LogP contribution in [0.5, 0.6) is 0 Å². The normalized spacial score (nSPS) is 14.7. The minimum Gasteiger partial charge on any atom is -0.399 e. The van der Waals surface area contributed by atoms with Gasteiger partial charge in [-0.15, -0.1) is 0 Å². The van der Waals surface area contributed by atoms with Crippen molar-refractivity contribution in [1.82, 2.24) is 0 Å². The molecule has 52 heavy (non-hydrogen) atoms. The van der Waals surface area contributed by atoms with Crippen molar-refractivity contribution in [3.8, 4) is 11.1 Å². The van der Waals surface area contributed by atoms with Gasteiger partial charge in [-0.1, -0.05) is 48.0 Å². The molecule has 274 valence electrons. The molecule has 1 aliphatic heterocycles. The van der Waals surface area contributed by atoms with E-state index < -0.39 is 75.7 Å². The van der Waals surface area contributed by atoms with E-state index in [1.165, 1.54) is 19.1 Å². The molecular weight excluding hydrogens is 729 g/mol. The number of rotatable bonds is 2. The van der Waals surface area contributed by atoms with Crippen LogP contribution >= 0.6 is 11.6 Å². The molecule has 0 unspecified atom stereocenters. The summed E-state index contributed by atoms with van der Waals surface area (Å²) in [6, 6.07) is 10.2. The van der Waals surface area contributed by atoms with E-state index in [2.05, 4.69) is 9.69 Å². The number of halogens is 11. The summed E-state index contributed by atoms with van der Waals surface area (Å²) >= 11 is 5.36. The Hall–Kier alpha value is -4.57. The predicted molar refractivity (Wildman–Crippen MR) is 177 cm³/mol. The van der Waals surface area contributed by atoms with Gasteiger partial charge in [0.15, 0.2) is 29.0 Å². The van der Waals surface area contributed by atoms with Gasteiger partial charge < -0.3 is 9.31 Å². The van der Waals surface area contributed by atoms with Gasteiger partial charge in [-0.3, -0.25) is 0 Å². The van der Waals surface area contributed by atoms with Crippen molar-refractivity contribution >= 4 is 35.6 Å². The number of benzene rings is 4. The van der Waals surface area contributed by atoms with Gasteiger partial charge in [0.05, 0.1) is 40.5 Å². The number of hydrogen-bond acceptors (Lipinski definition) is 2. The highest BCUT2D eigenvalue weighted by Gasteiger charge is 2.52. The largest absolute Gasteiger partial charge is 0.495 e. The Kier molecular flexibility index (Phi) is 12.5. The molecule has 0 aromatic heterocycles. The van der Waals surface area contributed by atoms with Gasteiger partial charge in [0, 0.05) is 5.56 Å². The highest BCUT2D eigenvalue weighted by Crippen LogP contribution is 2.44. The fourth-order valence-electron chi connectivity index (χ4n) is 4.78. The highest BCUT2D eigenvalue weighted by atomic mass is 35.5. The molecule has 1 heterocycles. The Morgan fingerprint density at radius 2 is 1.06 bits per heavy atom. The summed E-state index contributed by atoms with van der Waals surface area (Å²) in [6.07, 6.45) is -9.20. The standard InChI is InChI=1S/C15H8F5N.C13H17BF2O2.C8H3ClF3N/c1-8-6-11(16)12(17)7-9(8)14-10(15(18,19)20)4-3-5-13(14)21-2;1-8-6-10(15)11(16)7-9(8)14-17-12(2,3)13(4,5)18-14;1-13-6-4-2-3-5(7(6)9)8(10,11)12/h3-7H,1H3;6-7H,1-5H3;2-4H. The molecule has 16 heteroatoms. The smallest absolute Gasteiger partial charge is 0.399 e. The molecule has 0 bridgehead atoms. The van der Waals surface area contributed by atoms with E-state index in [1.54, 1.807) is 6.92 Å². The van der Waals surface area contributed by atoms with Crippen LogP contribution in [0.3, 0.4) is 0 Å². The molecule has 0 saturated carbocycles. The third kappa shape index (κ3) is 9.26. The lowest BCUT2D eigenvalue weighted by Gasteiger charge is -2.32. The van der Waals surface area contributed by atoms with Crippen molar-refractivity contribution in [1.29, 1.82) is 0 Å². The first-order valence-corrected chi connectivity index (χ1v) is 15.3. The summed E-state index contributed by atoms with van der Waals surface area (Å²) in [5.74, 6) is -4.15.